The molecule has 3 N–H and O–H groups in total. The molecule has 1 aliphatic carbocycles. The standard InChI is InChI=1S/C35H46N4OS/c1-25-11-9-12-26(2)34(25)32-21-33-37-35(36-32)38-41-31-18-10-17-29(20-31)23-39(22-28-15-7-4-8-16-28)24-30(40-33)19-27-13-5-3-6-14-27/h3-9,11-16,29-33,35-38H,10,17-24H2,1-2H3/t29?,30-,31?,32?,33?,35?/m1/s1. The van der Waals surface area contributed by atoms with Crippen molar-refractivity contribution in [3.63, 3.8) is 0 Å². The van der Waals surface area contributed by atoms with E-state index in [0.29, 0.717) is 11.2 Å². The second-order valence-electron chi connectivity index (χ2n) is 12.4. The molecular formula is C35H46N4OS. The van der Waals surface area contributed by atoms with E-state index in [9.17, 15) is 0 Å². The van der Waals surface area contributed by atoms with Crippen LogP contribution >= 0.6 is 11.9 Å². The number of benzene rings is 3. The maximum atomic E-state index is 7.11. The molecule has 41 heavy (non-hydrogen) atoms. The third-order valence-corrected chi connectivity index (χ3v) is 10.2. The fraction of sp³-hybridized carbons (Fsp3) is 0.486. The summed E-state index contributed by atoms with van der Waals surface area (Å²) in [5.41, 5.74) is 6.82. The number of ether oxygens (including phenoxy) is 1. The molecule has 2 heterocycles. The van der Waals surface area contributed by atoms with Crippen molar-refractivity contribution in [1.29, 1.82) is 0 Å². The summed E-state index contributed by atoms with van der Waals surface area (Å²) in [6.07, 6.45) is 7.02. The van der Waals surface area contributed by atoms with Gasteiger partial charge in [-0.3, -0.25) is 15.5 Å². The topological polar surface area (TPSA) is 48.6 Å². The van der Waals surface area contributed by atoms with Gasteiger partial charge in [0.2, 0.25) is 0 Å². The highest BCUT2D eigenvalue weighted by molar-refractivity contribution is 7.98. The number of nitrogens with zero attached hydrogens (tertiary/aromatic N) is 1. The third-order valence-electron chi connectivity index (χ3n) is 9.04. The van der Waals surface area contributed by atoms with E-state index in [2.05, 4.69) is 113 Å². The van der Waals surface area contributed by atoms with Gasteiger partial charge in [-0.2, -0.15) is 0 Å². The lowest BCUT2D eigenvalue weighted by molar-refractivity contribution is -0.0743. The van der Waals surface area contributed by atoms with E-state index < -0.39 is 0 Å². The van der Waals surface area contributed by atoms with Crippen LogP contribution in [0.5, 0.6) is 0 Å². The Morgan fingerprint density at radius 1 is 0.805 bits per heavy atom. The first-order valence-electron chi connectivity index (χ1n) is 15.5. The predicted molar refractivity (Wildman–Crippen MR) is 170 cm³/mol. The Bertz CT molecular complexity index is 1220. The Hall–Kier alpha value is -2.19. The Kier molecular flexibility index (Phi) is 9.77. The minimum absolute atomic E-state index is 0.0123. The van der Waals surface area contributed by atoms with Crippen molar-refractivity contribution in [3.05, 3.63) is 107 Å². The summed E-state index contributed by atoms with van der Waals surface area (Å²) in [6, 6.07) is 28.8. The Morgan fingerprint density at radius 2 is 1.54 bits per heavy atom. The van der Waals surface area contributed by atoms with Gasteiger partial charge in [0.1, 0.15) is 12.5 Å². The van der Waals surface area contributed by atoms with Crippen molar-refractivity contribution < 1.29 is 4.74 Å². The number of hydrogen-bond donors (Lipinski definition) is 3. The monoisotopic (exact) mass is 570 g/mol. The lowest BCUT2D eigenvalue weighted by Crippen LogP contribution is -2.61. The fourth-order valence-corrected chi connectivity index (χ4v) is 8.29. The molecule has 3 aliphatic rings. The summed E-state index contributed by atoms with van der Waals surface area (Å²) >= 11 is 1.93. The molecule has 1 saturated carbocycles. The van der Waals surface area contributed by atoms with Gasteiger partial charge >= 0.3 is 0 Å². The summed E-state index contributed by atoms with van der Waals surface area (Å²) in [7, 11) is 0. The molecule has 3 fully saturated rings. The van der Waals surface area contributed by atoms with E-state index in [0.717, 1.165) is 32.5 Å². The van der Waals surface area contributed by atoms with Crippen LogP contribution in [-0.2, 0) is 17.7 Å². The summed E-state index contributed by atoms with van der Waals surface area (Å²) in [5.74, 6) is 0.715. The van der Waals surface area contributed by atoms with Crippen molar-refractivity contribution in [2.75, 3.05) is 13.1 Å². The second kappa shape index (κ2) is 13.9. The van der Waals surface area contributed by atoms with Crippen molar-refractivity contribution in [2.24, 2.45) is 5.92 Å². The zero-order valence-corrected chi connectivity index (χ0v) is 25.4. The lowest BCUT2D eigenvalue weighted by atomic mass is 9.88. The van der Waals surface area contributed by atoms with Gasteiger partial charge in [0, 0.05) is 37.3 Å². The molecule has 0 aromatic heterocycles. The maximum absolute atomic E-state index is 7.11. The van der Waals surface area contributed by atoms with Gasteiger partial charge in [-0.15, -0.1) is 0 Å². The molecule has 0 amide bonds. The highest BCUT2D eigenvalue weighted by atomic mass is 32.2. The smallest absolute Gasteiger partial charge is 0.123 e. The number of fused-ring (bicyclic) bond motifs is 4. The molecule has 0 radical (unpaired) electrons. The fourth-order valence-electron chi connectivity index (χ4n) is 7.17. The van der Waals surface area contributed by atoms with Crippen LogP contribution in [0, 0.1) is 19.8 Å². The van der Waals surface area contributed by atoms with Crippen LogP contribution in [0.3, 0.4) is 0 Å². The van der Waals surface area contributed by atoms with Gasteiger partial charge in [-0.25, -0.2) is 4.72 Å². The number of nitrogens with one attached hydrogen (secondary N) is 3. The van der Waals surface area contributed by atoms with Crippen LogP contribution in [0.4, 0.5) is 0 Å². The highest BCUT2D eigenvalue weighted by Gasteiger charge is 2.34. The van der Waals surface area contributed by atoms with Gasteiger partial charge in [-0.1, -0.05) is 97.2 Å². The quantitative estimate of drug-likeness (QED) is 0.306. The molecule has 218 valence electrons. The Morgan fingerprint density at radius 3 is 2.29 bits per heavy atom. The van der Waals surface area contributed by atoms with Crippen LogP contribution in [0.2, 0.25) is 0 Å². The van der Waals surface area contributed by atoms with Gasteiger partial charge in [0.25, 0.3) is 0 Å². The molecule has 5 nitrogen and oxygen atoms in total. The molecule has 6 rings (SSSR count). The van der Waals surface area contributed by atoms with Gasteiger partial charge in [0.15, 0.2) is 0 Å². The first kappa shape index (κ1) is 28.9. The number of hydrogen-bond acceptors (Lipinski definition) is 6. The summed E-state index contributed by atoms with van der Waals surface area (Å²) in [5, 5.41) is 8.33. The predicted octanol–water partition coefficient (Wildman–Crippen LogP) is 6.48. The van der Waals surface area contributed by atoms with Crippen LogP contribution in [0.25, 0.3) is 0 Å². The molecule has 2 aliphatic heterocycles. The average molecular weight is 571 g/mol. The molecule has 6 atom stereocenters. The highest BCUT2D eigenvalue weighted by Crippen LogP contribution is 2.34. The first-order chi connectivity index (χ1) is 20.1. The molecule has 2 saturated heterocycles. The number of rotatable bonds is 5. The molecule has 4 bridgehead atoms. The molecule has 3 aromatic carbocycles. The van der Waals surface area contributed by atoms with E-state index >= 15 is 0 Å². The molecule has 0 spiro atoms. The van der Waals surface area contributed by atoms with E-state index in [1.165, 1.54) is 53.5 Å². The number of aryl methyl sites for hydroxylation is 2. The van der Waals surface area contributed by atoms with Crippen molar-refractivity contribution in [1.82, 2.24) is 20.3 Å². The normalized spacial score (nSPS) is 29.6. The van der Waals surface area contributed by atoms with Crippen LogP contribution in [0.1, 0.15) is 66.0 Å². The van der Waals surface area contributed by atoms with Crippen molar-refractivity contribution in [3.8, 4) is 0 Å². The summed E-state index contributed by atoms with van der Waals surface area (Å²) in [6.45, 7) is 7.50. The molecule has 3 aromatic rings. The summed E-state index contributed by atoms with van der Waals surface area (Å²) < 4.78 is 10.9. The minimum Gasteiger partial charge on any atom is -0.358 e. The van der Waals surface area contributed by atoms with E-state index in [1.54, 1.807) is 0 Å². The third kappa shape index (κ3) is 7.81. The van der Waals surface area contributed by atoms with Gasteiger partial charge in [-0.05, 0) is 73.3 Å². The first-order valence-corrected chi connectivity index (χ1v) is 16.4. The van der Waals surface area contributed by atoms with E-state index in [-0.39, 0.29) is 24.7 Å². The second-order valence-corrected chi connectivity index (χ2v) is 13.5. The van der Waals surface area contributed by atoms with E-state index in [1.807, 2.05) is 11.9 Å². The van der Waals surface area contributed by atoms with Crippen LogP contribution in [0.15, 0.2) is 78.9 Å². The van der Waals surface area contributed by atoms with Crippen molar-refractivity contribution in [2.45, 2.75) is 88.8 Å². The van der Waals surface area contributed by atoms with E-state index in [4.69, 9.17) is 4.74 Å². The summed E-state index contributed by atoms with van der Waals surface area (Å²) in [4.78, 5) is 2.69. The van der Waals surface area contributed by atoms with Gasteiger partial charge in [0.05, 0.1) is 6.10 Å². The lowest BCUT2D eigenvalue weighted by Gasteiger charge is -2.40. The minimum atomic E-state index is -0.0502. The molecule has 6 heteroatoms. The maximum Gasteiger partial charge on any atom is 0.123 e. The average Bonchev–Trinajstić information content (AvgIpc) is 2.97. The molecular weight excluding hydrogens is 524 g/mol. The molecule has 5 unspecified atom stereocenters. The van der Waals surface area contributed by atoms with Crippen LogP contribution < -0.4 is 15.4 Å². The van der Waals surface area contributed by atoms with Gasteiger partial charge < -0.3 is 4.74 Å². The SMILES string of the molecule is Cc1cccc(C)c1C1CC2NC(NSC3CCCC(C3)CN(Cc3ccccc3)C[C@@H](Cc3ccccc3)O2)N1. The van der Waals surface area contributed by atoms with Crippen LogP contribution in [-0.4, -0.2) is 41.9 Å². The van der Waals surface area contributed by atoms with Crippen molar-refractivity contribution >= 4 is 11.9 Å². The zero-order valence-electron chi connectivity index (χ0n) is 24.6. The largest absolute Gasteiger partial charge is 0.358 e. The Labute approximate surface area is 251 Å². The Balaban J connectivity index is 1.30. The zero-order chi connectivity index (χ0) is 28.0.